The van der Waals surface area contributed by atoms with E-state index in [9.17, 15) is 9.59 Å². The summed E-state index contributed by atoms with van der Waals surface area (Å²) in [5.74, 6) is -0.370. The Morgan fingerprint density at radius 2 is 0.894 bits per heavy atom. The summed E-state index contributed by atoms with van der Waals surface area (Å²) in [6.45, 7) is 9.46. The quantitative estimate of drug-likeness (QED) is 0.101. The van der Waals surface area contributed by atoms with Crippen LogP contribution in [0.25, 0.3) is 0 Å². The van der Waals surface area contributed by atoms with Gasteiger partial charge in [-0.05, 0) is 78.9 Å². The molecule has 5 aromatic rings. The van der Waals surface area contributed by atoms with E-state index in [1.807, 2.05) is 12.1 Å². The van der Waals surface area contributed by atoms with E-state index in [4.69, 9.17) is 0 Å². The molecule has 0 radical (unpaired) electrons. The van der Waals surface area contributed by atoms with E-state index in [-0.39, 0.29) is 22.6 Å². The molecule has 0 N–H and O–H groups in total. The Labute approximate surface area is 281 Å². The van der Waals surface area contributed by atoms with Gasteiger partial charge in [0.2, 0.25) is 0 Å². The van der Waals surface area contributed by atoms with Gasteiger partial charge in [0.25, 0.3) is 11.8 Å². The molecule has 0 saturated heterocycles. The first-order chi connectivity index (χ1) is 22.8. The van der Waals surface area contributed by atoms with Gasteiger partial charge in [-0.2, -0.15) is 0 Å². The maximum Gasteiger partial charge on any atom is 0.261 e. The number of fused-ring (bicyclic) bond motifs is 1. The fourth-order valence-electron chi connectivity index (χ4n) is 7.58. The highest BCUT2D eigenvalue weighted by Gasteiger charge is 2.50. The van der Waals surface area contributed by atoms with Crippen molar-refractivity contribution in [1.29, 1.82) is 0 Å². The zero-order chi connectivity index (χ0) is 33.1. The van der Waals surface area contributed by atoms with Gasteiger partial charge in [0.15, 0.2) is 0 Å². The van der Waals surface area contributed by atoms with E-state index in [0.717, 1.165) is 25.4 Å². The van der Waals surface area contributed by atoms with Crippen molar-refractivity contribution in [2.45, 2.75) is 57.8 Å². The van der Waals surface area contributed by atoms with Crippen LogP contribution >= 0.6 is 7.26 Å². The fourth-order valence-corrected chi connectivity index (χ4v) is 12.5. The molecule has 0 spiro atoms. The molecule has 6 rings (SSSR count). The van der Waals surface area contributed by atoms with Crippen LogP contribution in [0.3, 0.4) is 0 Å². The second-order valence-electron chi connectivity index (χ2n) is 13.2. The molecule has 3 nitrogen and oxygen atoms in total. The molecule has 238 valence electrons. The summed E-state index contributed by atoms with van der Waals surface area (Å²) < 4.78 is 0. The largest absolute Gasteiger partial charge is 0.273 e. The minimum absolute atomic E-state index is 0.114. The summed E-state index contributed by atoms with van der Waals surface area (Å²) in [5, 5.41) is 4.18. The molecule has 47 heavy (non-hydrogen) atoms. The predicted molar refractivity (Wildman–Crippen MR) is 198 cm³/mol. The highest BCUT2D eigenvalue weighted by atomic mass is 31.2. The van der Waals surface area contributed by atoms with Crippen LogP contribution in [0.15, 0.2) is 140 Å². The number of carbonyl (C=O) groups is 2. The molecule has 5 aromatic carbocycles. The third-order valence-corrected chi connectivity index (χ3v) is 15.6. The Morgan fingerprint density at radius 3 is 1.28 bits per heavy atom. The molecular formula is C43H45NO2P+. The van der Waals surface area contributed by atoms with Crippen LogP contribution in [0.2, 0.25) is 0 Å². The lowest BCUT2D eigenvalue weighted by Crippen LogP contribution is -2.43. The van der Waals surface area contributed by atoms with E-state index in [1.165, 1.54) is 31.9 Å². The summed E-state index contributed by atoms with van der Waals surface area (Å²) in [5.41, 5.74) is 3.07. The van der Waals surface area contributed by atoms with Gasteiger partial charge in [0.05, 0.1) is 17.3 Å². The van der Waals surface area contributed by atoms with Gasteiger partial charge in [-0.1, -0.05) is 119 Å². The van der Waals surface area contributed by atoms with Crippen LogP contribution in [0.5, 0.6) is 0 Å². The minimum Gasteiger partial charge on any atom is -0.273 e. The van der Waals surface area contributed by atoms with Gasteiger partial charge >= 0.3 is 0 Å². The molecule has 0 saturated carbocycles. The Kier molecular flexibility index (Phi) is 9.31. The molecule has 0 aliphatic carbocycles. The van der Waals surface area contributed by atoms with Crippen LogP contribution < -0.4 is 15.9 Å². The zero-order valence-electron chi connectivity index (χ0n) is 28.0. The number of rotatable bonds is 12. The molecule has 1 aliphatic heterocycles. The van der Waals surface area contributed by atoms with Gasteiger partial charge in [0, 0.05) is 17.4 Å². The molecule has 1 heterocycles. The van der Waals surface area contributed by atoms with Crippen LogP contribution in [0, 0.1) is 0 Å². The lowest BCUT2D eigenvalue weighted by atomic mass is 9.73. The molecule has 0 bridgehead atoms. The van der Waals surface area contributed by atoms with Crippen LogP contribution in [-0.2, 0) is 10.8 Å². The zero-order valence-corrected chi connectivity index (χ0v) is 28.9. The first kappa shape index (κ1) is 32.6. The lowest BCUT2D eigenvalue weighted by molar-refractivity contribution is 0.0608. The van der Waals surface area contributed by atoms with Gasteiger partial charge in [-0.25, -0.2) is 0 Å². The van der Waals surface area contributed by atoms with Gasteiger partial charge in [-0.3, -0.25) is 14.5 Å². The Morgan fingerprint density at radius 1 is 0.511 bits per heavy atom. The Hall–Kier alpha value is -4.33. The van der Waals surface area contributed by atoms with Crippen LogP contribution in [0.1, 0.15) is 78.8 Å². The van der Waals surface area contributed by atoms with Crippen LogP contribution in [0.4, 0.5) is 0 Å². The van der Waals surface area contributed by atoms with Gasteiger partial charge < -0.3 is 0 Å². The fraction of sp³-hybridized carbons (Fsp3) is 0.256. The number of amides is 2. The van der Waals surface area contributed by atoms with E-state index < -0.39 is 7.26 Å². The molecule has 1 unspecified atom stereocenters. The monoisotopic (exact) mass is 638 g/mol. The number of hydrogen-bond acceptors (Lipinski definition) is 2. The number of carbonyl (C=O) groups excluding carboxylic acids is 2. The maximum absolute atomic E-state index is 13.4. The van der Waals surface area contributed by atoms with Crippen molar-refractivity contribution in [3.63, 3.8) is 0 Å². The number of benzene rings is 5. The molecular weight excluding hydrogens is 593 g/mol. The topological polar surface area (TPSA) is 37.4 Å². The standard InChI is InChI=1S/C43H45NO2P/c1-5-42(4,32-47(35-19-11-8-12-20-35,36-21-13-9-14-22-36)37-23-15-10-16-24-37)33-27-29-34(30-28-33)43(6-2,7-3)31-44-40(45)38-25-17-18-26-39(38)41(44)46/h8-30H,5-7,31-32H2,1-4H3/q+1. The van der Waals surface area contributed by atoms with Crippen molar-refractivity contribution in [3.05, 3.63) is 162 Å². The Bertz CT molecular complexity index is 1700. The summed E-state index contributed by atoms with van der Waals surface area (Å²) in [7, 11) is -2.06. The lowest BCUT2D eigenvalue weighted by Gasteiger charge is -2.38. The first-order valence-corrected chi connectivity index (χ1v) is 18.9. The van der Waals surface area contributed by atoms with E-state index >= 15 is 0 Å². The van der Waals surface area contributed by atoms with Crippen molar-refractivity contribution in [1.82, 2.24) is 4.90 Å². The van der Waals surface area contributed by atoms with Crippen molar-refractivity contribution in [3.8, 4) is 0 Å². The van der Waals surface area contributed by atoms with E-state index in [2.05, 4.69) is 143 Å². The first-order valence-electron chi connectivity index (χ1n) is 16.9. The van der Waals surface area contributed by atoms with Gasteiger partial charge in [-0.15, -0.1) is 0 Å². The second kappa shape index (κ2) is 13.4. The van der Waals surface area contributed by atoms with E-state index in [0.29, 0.717) is 17.7 Å². The normalized spacial score (nSPS) is 14.6. The summed E-state index contributed by atoms with van der Waals surface area (Å²) in [4.78, 5) is 28.2. The molecule has 4 heteroatoms. The number of nitrogens with zero attached hydrogens (tertiary/aromatic N) is 1. The Balaban J connectivity index is 1.39. The smallest absolute Gasteiger partial charge is 0.261 e. The molecule has 0 aromatic heterocycles. The minimum atomic E-state index is -2.06. The average Bonchev–Trinajstić information content (AvgIpc) is 3.38. The van der Waals surface area contributed by atoms with Gasteiger partial charge in [0.1, 0.15) is 23.2 Å². The third-order valence-electron chi connectivity index (χ3n) is 10.8. The summed E-state index contributed by atoms with van der Waals surface area (Å²) >= 11 is 0. The maximum atomic E-state index is 13.4. The number of imide groups is 1. The summed E-state index contributed by atoms with van der Waals surface area (Å²) in [6.07, 6.45) is 3.63. The van der Waals surface area contributed by atoms with Crippen molar-refractivity contribution in [2.75, 3.05) is 12.7 Å². The average molecular weight is 639 g/mol. The van der Waals surface area contributed by atoms with Crippen LogP contribution in [-0.4, -0.2) is 29.4 Å². The highest BCUT2D eigenvalue weighted by Crippen LogP contribution is 2.59. The molecule has 1 atom stereocenters. The van der Waals surface area contributed by atoms with Crippen molar-refractivity contribution < 1.29 is 9.59 Å². The molecule has 2 amide bonds. The van der Waals surface area contributed by atoms with Crippen molar-refractivity contribution >= 4 is 35.0 Å². The number of hydrogen-bond donors (Lipinski definition) is 0. The van der Waals surface area contributed by atoms with Crippen molar-refractivity contribution in [2.24, 2.45) is 0 Å². The van der Waals surface area contributed by atoms with E-state index in [1.54, 1.807) is 12.1 Å². The molecule has 0 fully saturated rings. The highest BCUT2D eigenvalue weighted by molar-refractivity contribution is 7.95. The SMILES string of the molecule is CCC(C)(C[P+](c1ccccc1)(c1ccccc1)c1ccccc1)c1ccc(C(CC)(CC)CN2C(=O)c3ccccc3C2=O)cc1. The predicted octanol–water partition coefficient (Wildman–Crippen LogP) is 8.70. The second-order valence-corrected chi connectivity index (χ2v) is 16.7. The third kappa shape index (κ3) is 5.76. The molecule has 1 aliphatic rings. The summed E-state index contributed by atoms with van der Waals surface area (Å²) in [6, 6.07) is 49.7.